The maximum atomic E-state index is 10.9. The summed E-state index contributed by atoms with van der Waals surface area (Å²) in [6.45, 7) is 5.53. The van der Waals surface area contributed by atoms with Crippen LogP contribution in [0.25, 0.3) is 0 Å². The topological polar surface area (TPSA) is 38.3 Å². The zero-order valence-corrected chi connectivity index (χ0v) is 11.4. The molecule has 2 rings (SSSR count). The minimum Gasteiger partial charge on any atom is -0.457 e. The number of hydrogen-bond acceptors (Lipinski definition) is 2. The highest BCUT2D eigenvalue weighted by Gasteiger charge is 2.05. The van der Waals surface area contributed by atoms with E-state index < -0.39 is 0 Å². The Kier molecular flexibility index (Phi) is 3.85. The Hall–Kier alpha value is -2.29. The minimum atomic E-state index is -0.0802. The van der Waals surface area contributed by atoms with E-state index in [2.05, 4.69) is 5.32 Å². The molecule has 2 aromatic carbocycles. The van der Waals surface area contributed by atoms with Crippen LogP contribution in [-0.2, 0) is 4.79 Å². The molecule has 19 heavy (non-hydrogen) atoms. The summed E-state index contributed by atoms with van der Waals surface area (Å²) in [6.07, 6.45) is 0. The summed E-state index contributed by atoms with van der Waals surface area (Å²) < 4.78 is 5.89. The average Bonchev–Trinajstić information content (AvgIpc) is 2.35. The number of rotatable bonds is 3. The average molecular weight is 255 g/mol. The van der Waals surface area contributed by atoms with Crippen molar-refractivity contribution >= 4 is 11.6 Å². The lowest BCUT2D eigenvalue weighted by Crippen LogP contribution is -2.05. The summed E-state index contributed by atoms with van der Waals surface area (Å²) in [6, 6.07) is 13.4. The summed E-state index contributed by atoms with van der Waals surface area (Å²) in [5.41, 5.74) is 2.97. The van der Waals surface area contributed by atoms with Gasteiger partial charge in [0.15, 0.2) is 0 Å². The fourth-order valence-corrected chi connectivity index (χ4v) is 1.89. The Bertz CT molecular complexity index is 568. The maximum absolute atomic E-state index is 10.9. The van der Waals surface area contributed by atoms with Gasteiger partial charge < -0.3 is 10.1 Å². The van der Waals surface area contributed by atoms with Gasteiger partial charge in [0, 0.05) is 12.6 Å². The number of anilines is 1. The molecule has 0 unspecified atom stereocenters. The maximum Gasteiger partial charge on any atom is 0.221 e. The van der Waals surface area contributed by atoms with Crippen LogP contribution in [0.2, 0.25) is 0 Å². The lowest BCUT2D eigenvalue weighted by molar-refractivity contribution is -0.114. The van der Waals surface area contributed by atoms with Crippen LogP contribution in [0.4, 0.5) is 5.69 Å². The van der Waals surface area contributed by atoms with Gasteiger partial charge in [-0.2, -0.15) is 0 Å². The molecule has 0 aliphatic heterocycles. The highest BCUT2D eigenvalue weighted by atomic mass is 16.5. The molecule has 3 heteroatoms. The van der Waals surface area contributed by atoms with Gasteiger partial charge in [-0.3, -0.25) is 4.79 Å². The number of hydrogen-bond donors (Lipinski definition) is 1. The van der Waals surface area contributed by atoms with Gasteiger partial charge in [-0.15, -0.1) is 0 Å². The third-order valence-corrected chi connectivity index (χ3v) is 2.80. The van der Waals surface area contributed by atoms with Crippen LogP contribution >= 0.6 is 0 Å². The van der Waals surface area contributed by atoms with E-state index in [4.69, 9.17) is 4.74 Å². The molecule has 0 fully saturated rings. The van der Waals surface area contributed by atoms with E-state index in [1.165, 1.54) is 6.92 Å². The van der Waals surface area contributed by atoms with Crippen molar-refractivity contribution in [1.29, 1.82) is 0 Å². The Morgan fingerprint density at radius 3 is 2.11 bits per heavy atom. The summed E-state index contributed by atoms with van der Waals surface area (Å²) in [5.74, 6) is 1.56. The Morgan fingerprint density at radius 1 is 1.00 bits per heavy atom. The number of carbonyl (C=O) groups excluding carboxylic acids is 1. The molecular weight excluding hydrogens is 238 g/mol. The lowest BCUT2D eigenvalue weighted by atomic mass is 10.1. The van der Waals surface area contributed by atoms with E-state index in [-0.39, 0.29) is 5.91 Å². The first-order valence-electron chi connectivity index (χ1n) is 6.18. The molecule has 1 amide bonds. The van der Waals surface area contributed by atoms with Gasteiger partial charge in [-0.25, -0.2) is 0 Å². The van der Waals surface area contributed by atoms with Gasteiger partial charge in [-0.1, -0.05) is 18.2 Å². The van der Waals surface area contributed by atoms with Gasteiger partial charge in [0.25, 0.3) is 0 Å². The highest BCUT2D eigenvalue weighted by Crippen LogP contribution is 2.29. The Balaban J connectivity index is 2.18. The first-order valence-corrected chi connectivity index (χ1v) is 6.18. The molecule has 0 bridgehead atoms. The SMILES string of the molecule is CC(=O)Nc1ccc(Oc2c(C)cccc2C)cc1. The van der Waals surface area contributed by atoms with Crippen molar-refractivity contribution in [2.75, 3.05) is 5.32 Å². The van der Waals surface area contributed by atoms with Crippen molar-refractivity contribution < 1.29 is 9.53 Å². The van der Waals surface area contributed by atoms with Crippen molar-refractivity contribution in [2.45, 2.75) is 20.8 Å². The standard InChI is InChI=1S/C16H17NO2/c1-11-5-4-6-12(2)16(11)19-15-9-7-14(8-10-15)17-13(3)18/h4-10H,1-3H3,(H,17,18). The van der Waals surface area contributed by atoms with Gasteiger partial charge in [-0.05, 0) is 49.2 Å². The van der Waals surface area contributed by atoms with E-state index in [0.29, 0.717) is 0 Å². The van der Waals surface area contributed by atoms with E-state index in [1.54, 1.807) is 0 Å². The van der Waals surface area contributed by atoms with E-state index >= 15 is 0 Å². The van der Waals surface area contributed by atoms with Crippen LogP contribution in [0, 0.1) is 13.8 Å². The number of nitrogens with one attached hydrogen (secondary N) is 1. The van der Waals surface area contributed by atoms with Gasteiger partial charge >= 0.3 is 0 Å². The monoisotopic (exact) mass is 255 g/mol. The molecule has 0 aliphatic carbocycles. The number of para-hydroxylation sites is 1. The smallest absolute Gasteiger partial charge is 0.221 e. The van der Waals surface area contributed by atoms with Crippen molar-refractivity contribution in [2.24, 2.45) is 0 Å². The molecule has 2 aromatic rings. The molecule has 0 aliphatic rings. The molecule has 3 nitrogen and oxygen atoms in total. The molecule has 0 saturated carbocycles. The normalized spacial score (nSPS) is 10.1. The van der Waals surface area contributed by atoms with Crippen LogP contribution in [0.3, 0.4) is 0 Å². The number of benzene rings is 2. The second-order valence-electron chi connectivity index (χ2n) is 4.53. The van der Waals surface area contributed by atoms with Crippen molar-refractivity contribution in [3.63, 3.8) is 0 Å². The Labute approximate surface area is 113 Å². The van der Waals surface area contributed by atoms with E-state index in [0.717, 1.165) is 28.3 Å². The highest BCUT2D eigenvalue weighted by molar-refractivity contribution is 5.88. The fourth-order valence-electron chi connectivity index (χ4n) is 1.89. The summed E-state index contributed by atoms with van der Waals surface area (Å²) in [4.78, 5) is 10.9. The lowest BCUT2D eigenvalue weighted by Gasteiger charge is -2.12. The van der Waals surface area contributed by atoms with Crippen LogP contribution in [0.5, 0.6) is 11.5 Å². The number of aryl methyl sites for hydroxylation is 2. The largest absolute Gasteiger partial charge is 0.457 e. The summed E-state index contributed by atoms with van der Waals surface area (Å²) in [7, 11) is 0. The number of ether oxygens (including phenoxy) is 1. The molecular formula is C16H17NO2. The molecule has 0 spiro atoms. The van der Waals surface area contributed by atoms with Gasteiger partial charge in [0.2, 0.25) is 5.91 Å². The van der Waals surface area contributed by atoms with E-state index in [9.17, 15) is 4.79 Å². The third-order valence-electron chi connectivity index (χ3n) is 2.80. The molecule has 0 radical (unpaired) electrons. The van der Waals surface area contributed by atoms with Crippen LogP contribution in [0.15, 0.2) is 42.5 Å². The third kappa shape index (κ3) is 3.35. The molecule has 0 heterocycles. The molecule has 0 aromatic heterocycles. The Morgan fingerprint density at radius 2 is 1.58 bits per heavy atom. The van der Waals surface area contributed by atoms with Crippen molar-refractivity contribution in [3.05, 3.63) is 53.6 Å². The zero-order chi connectivity index (χ0) is 13.8. The van der Waals surface area contributed by atoms with Gasteiger partial charge in [0.05, 0.1) is 0 Å². The van der Waals surface area contributed by atoms with Gasteiger partial charge in [0.1, 0.15) is 11.5 Å². The second-order valence-corrected chi connectivity index (χ2v) is 4.53. The molecule has 0 saturated heterocycles. The summed E-state index contributed by atoms with van der Waals surface area (Å²) in [5, 5.41) is 2.72. The summed E-state index contributed by atoms with van der Waals surface area (Å²) >= 11 is 0. The minimum absolute atomic E-state index is 0.0802. The molecule has 0 atom stereocenters. The van der Waals surface area contributed by atoms with Crippen LogP contribution in [-0.4, -0.2) is 5.91 Å². The van der Waals surface area contributed by atoms with Crippen LogP contribution in [0.1, 0.15) is 18.1 Å². The van der Waals surface area contributed by atoms with Crippen LogP contribution < -0.4 is 10.1 Å². The number of amides is 1. The predicted octanol–water partition coefficient (Wildman–Crippen LogP) is 4.05. The first-order chi connectivity index (χ1) is 9.06. The van der Waals surface area contributed by atoms with Crippen molar-refractivity contribution in [1.82, 2.24) is 0 Å². The quantitative estimate of drug-likeness (QED) is 0.898. The fraction of sp³-hybridized carbons (Fsp3) is 0.188. The molecule has 98 valence electrons. The van der Waals surface area contributed by atoms with Crippen molar-refractivity contribution in [3.8, 4) is 11.5 Å². The first kappa shape index (κ1) is 13.1. The number of carbonyl (C=O) groups is 1. The second kappa shape index (κ2) is 5.57. The zero-order valence-electron chi connectivity index (χ0n) is 11.4. The molecule has 1 N–H and O–H groups in total. The van der Waals surface area contributed by atoms with E-state index in [1.807, 2.05) is 56.3 Å². The predicted molar refractivity (Wildman–Crippen MR) is 76.7 cm³/mol.